The molecule has 0 radical (unpaired) electrons. The van der Waals surface area contributed by atoms with E-state index in [1.54, 1.807) is 12.0 Å². The monoisotopic (exact) mass is 393 g/mol. The van der Waals surface area contributed by atoms with Gasteiger partial charge in [0.25, 0.3) is 0 Å². The van der Waals surface area contributed by atoms with Crippen LogP contribution in [0.1, 0.15) is 32.3 Å². The highest BCUT2D eigenvalue weighted by atomic mass is 32.1. The van der Waals surface area contributed by atoms with E-state index in [1.165, 1.54) is 5.56 Å². The van der Waals surface area contributed by atoms with Crippen LogP contribution in [0, 0.1) is 0 Å². The zero-order valence-corrected chi connectivity index (χ0v) is 17.4. The summed E-state index contributed by atoms with van der Waals surface area (Å²) in [6.45, 7) is 7.06. The number of anilines is 1. The van der Waals surface area contributed by atoms with Gasteiger partial charge in [0.2, 0.25) is 0 Å². The molecule has 0 aromatic heterocycles. The number of nitrogens with zero attached hydrogens (tertiary/aromatic N) is 2. The van der Waals surface area contributed by atoms with Crippen LogP contribution in [-0.4, -0.2) is 67.0 Å². The number of hydrogen-bond acceptors (Lipinski definition) is 4. The number of methoxy groups -OCH3 is 1. The van der Waals surface area contributed by atoms with E-state index in [-0.39, 0.29) is 12.1 Å². The Morgan fingerprint density at radius 1 is 1.30 bits per heavy atom. The number of carbonyl (C=O) groups is 1. The Labute approximate surface area is 167 Å². The van der Waals surface area contributed by atoms with Gasteiger partial charge in [-0.15, -0.1) is 0 Å². The second-order valence-corrected chi connectivity index (χ2v) is 6.93. The Morgan fingerprint density at radius 2 is 2.00 bits per heavy atom. The molecule has 1 aliphatic rings. The lowest BCUT2D eigenvalue weighted by atomic mass is 10.0. The molecule has 1 saturated heterocycles. The molecule has 150 valence electrons. The Kier molecular flexibility index (Phi) is 8.81. The van der Waals surface area contributed by atoms with Crippen molar-refractivity contribution >= 4 is 29.1 Å². The third-order valence-corrected chi connectivity index (χ3v) is 5.20. The van der Waals surface area contributed by atoms with Crippen molar-refractivity contribution in [1.29, 1.82) is 0 Å². The average molecular weight is 394 g/mol. The van der Waals surface area contributed by atoms with Gasteiger partial charge < -0.3 is 24.6 Å². The number of piperidine rings is 1. The first-order valence-electron chi connectivity index (χ1n) is 9.66. The van der Waals surface area contributed by atoms with E-state index < -0.39 is 0 Å². The SMILES string of the molecule is CCOC(=O)N1CCC(N(CCOC)C(=S)Nc2ccccc2CC)CC1. The van der Waals surface area contributed by atoms with E-state index in [9.17, 15) is 4.79 Å². The van der Waals surface area contributed by atoms with E-state index in [0.717, 1.165) is 31.5 Å². The van der Waals surface area contributed by atoms with Crippen LogP contribution in [0.3, 0.4) is 0 Å². The van der Waals surface area contributed by atoms with Crippen molar-refractivity contribution in [2.24, 2.45) is 0 Å². The quantitative estimate of drug-likeness (QED) is 0.716. The number of hydrogen-bond donors (Lipinski definition) is 1. The molecule has 0 saturated carbocycles. The summed E-state index contributed by atoms with van der Waals surface area (Å²) < 4.78 is 10.4. The maximum atomic E-state index is 11.9. The number of para-hydroxylation sites is 1. The molecule has 1 aliphatic heterocycles. The van der Waals surface area contributed by atoms with Crippen LogP contribution in [0.4, 0.5) is 10.5 Å². The van der Waals surface area contributed by atoms with E-state index >= 15 is 0 Å². The summed E-state index contributed by atoms with van der Waals surface area (Å²) in [5, 5.41) is 4.13. The smallest absolute Gasteiger partial charge is 0.409 e. The first-order chi connectivity index (χ1) is 13.1. The van der Waals surface area contributed by atoms with Crippen LogP contribution < -0.4 is 5.32 Å². The zero-order chi connectivity index (χ0) is 19.6. The van der Waals surface area contributed by atoms with Gasteiger partial charge in [0.1, 0.15) is 0 Å². The fourth-order valence-corrected chi connectivity index (χ4v) is 3.70. The van der Waals surface area contributed by atoms with Crippen LogP contribution in [-0.2, 0) is 15.9 Å². The number of benzene rings is 1. The van der Waals surface area contributed by atoms with Crippen molar-refractivity contribution in [3.05, 3.63) is 29.8 Å². The highest BCUT2D eigenvalue weighted by Crippen LogP contribution is 2.21. The normalized spacial score (nSPS) is 14.7. The van der Waals surface area contributed by atoms with Gasteiger partial charge in [-0.1, -0.05) is 25.1 Å². The molecular formula is C20H31N3O3S. The molecule has 0 spiro atoms. The minimum atomic E-state index is -0.225. The Balaban J connectivity index is 2.02. The lowest BCUT2D eigenvalue weighted by Crippen LogP contribution is -2.51. The third kappa shape index (κ3) is 6.07. The number of amides is 1. The van der Waals surface area contributed by atoms with Gasteiger partial charge >= 0.3 is 6.09 Å². The van der Waals surface area contributed by atoms with Crippen molar-refractivity contribution in [3.8, 4) is 0 Å². The van der Waals surface area contributed by atoms with Crippen LogP contribution in [0.15, 0.2) is 24.3 Å². The Morgan fingerprint density at radius 3 is 2.63 bits per heavy atom. The minimum Gasteiger partial charge on any atom is -0.450 e. The van der Waals surface area contributed by atoms with Gasteiger partial charge in [-0.2, -0.15) is 0 Å². The molecule has 0 unspecified atom stereocenters. The van der Waals surface area contributed by atoms with Crippen LogP contribution in [0.25, 0.3) is 0 Å². The minimum absolute atomic E-state index is 0.225. The summed E-state index contributed by atoms with van der Waals surface area (Å²) in [6, 6.07) is 8.51. The molecule has 0 aliphatic carbocycles. The Hall–Kier alpha value is -1.86. The molecule has 27 heavy (non-hydrogen) atoms. The molecule has 1 aromatic carbocycles. The summed E-state index contributed by atoms with van der Waals surface area (Å²) >= 11 is 5.74. The molecule has 1 N–H and O–H groups in total. The lowest BCUT2D eigenvalue weighted by molar-refractivity contribution is 0.0829. The highest BCUT2D eigenvalue weighted by molar-refractivity contribution is 7.80. The molecule has 6 nitrogen and oxygen atoms in total. The summed E-state index contributed by atoms with van der Waals surface area (Å²) in [5.41, 5.74) is 2.29. The number of carbonyl (C=O) groups excluding carboxylic acids is 1. The first-order valence-corrected chi connectivity index (χ1v) is 10.1. The molecule has 7 heteroatoms. The molecule has 1 aromatic rings. The third-order valence-electron chi connectivity index (χ3n) is 4.87. The standard InChI is InChI=1S/C20H31N3O3S/c1-4-16-8-6-7-9-18(16)21-19(27)23(14-15-25-3)17-10-12-22(13-11-17)20(24)26-5-2/h6-9,17H,4-5,10-15H2,1-3H3,(H,21,27). The predicted octanol–water partition coefficient (Wildman–Crippen LogP) is 3.52. The van der Waals surface area contributed by atoms with Crippen molar-refractivity contribution < 1.29 is 14.3 Å². The van der Waals surface area contributed by atoms with Gasteiger partial charge in [-0.05, 0) is 50.0 Å². The maximum Gasteiger partial charge on any atom is 0.409 e. The fraction of sp³-hybridized carbons (Fsp3) is 0.600. The van der Waals surface area contributed by atoms with E-state index in [0.29, 0.717) is 31.4 Å². The molecule has 1 fully saturated rings. The Bertz CT molecular complexity index is 618. The van der Waals surface area contributed by atoms with Gasteiger partial charge in [0.05, 0.1) is 13.2 Å². The van der Waals surface area contributed by atoms with Crippen LogP contribution >= 0.6 is 12.2 Å². The molecule has 0 atom stereocenters. The number of rotatable bonds is 7. The van der Waals surface area contributed by atoms with Gasteiger partial charge in [-0.3, -0.25) is 0 Å². The van der Waals surface area contributed by atoms with Gasteiger partial charge in [-0.25, -0.2) is 4.79 Å². The van der Waals surface area contributed by atoms with E-state index in [2.05, 4.69) is 29.3 Å². The largest absolute Gasteiger partial charge is 0.450 e. The topological polar surface area (TPSA) is 54.0 Å². The van der Waals surface area contributed by atoms with Crippen molar-refractivity contribution in [2.75, 3.05) is 45.3 Å². The van der Waals surface area contributed by atoms with Gasteiger partial charge in [0, 0.05) is 38.5 Å². The molecular weight excluding hydrogens is 362 g/mol. The van der Waals surface area contributed by atoms with Crippen molar-refractivity contribution in [2.45, 2.75) is 39.2 Å². The number of likely N-dealkylation sites (tertiary alicyclic amines) is 1. The molecule has 1 amide bonds. The van der Waals surface area contributed by atoms with Crippen LogP contribution in [0.2, 0.25) is 0 Å². The predicted molar refractivity (Wildman–Crippen MR) is 112 cm³/mol. The number of aryl methyl sites for hydroxylation is 1. The second-order valence-electron chi connectivity index (χ2n) is 6.54. The summed E-state index contributed by atoms with van der Waals surface area (Å²) in [5.74, 6) is 0. The van der Waals surface area contributed by atoms with Crippen molar-refractivity contribution in [1.82, 2.24) is 9.80 Å². The molecule has 2 rings (SSSR count). The van der Waals surface area contributed by atoms with E-state index in [4.69, 9.17) is 21.7 Å². The molecule has 1 heterocycles. The first kappa shape index (κ1) is 21.4. The zero-order valence-electron chi connectivity index (χ0n) is 16.6. The van der Waals surface area contributed by atoms with Crippen LogP contribution in [0.5, 0.6) is 0 Å². The number of thiocarbonyl (C=S) groups is 1. The van der Waals surface area contributed by atoms with Crippen molar-refractivity contribution in [3.63, 3.8) is 0 Å². The second kappa shape index (κ2) is 11.1. The number of nitrogens with one attached hydrogen (secondary N) is 1. The molecule has 0 bridgehead atoms. The summed E-state index contributed by atoms with van der Waals surface area (Å²) in [6.07, 6.45) is 2.44. The van der Waals surface area contributed by atoms with Gasteiger partial charge in [0.15, 0.2) is 5.11 Å². The summed E-state index contributed by atoms with van der Waals surface area (Å²) in [4.78, 5) is 15.9. The summed E-state index contributed by atoms with van der Waals surface area (Å²) in [7, 11) is 1.70. The average Bonchev–Trinajstić information content (AvgIpc) is 2.69. The highest BCUT2D eigenvalue weighted by Gasteiger charge is 2.28. The number of ether oxygens (including phenoxy) is 2. The fourth-order valence-electron chi connectivity index (χ4n) is 3.35. The lowest BCUT2D eigenvalue weighted by Gasteiger charge is -2.39. The van der Waals surface area contributed by atoms with E-state index in [1.807, 2.05) is 19.1 Å². The maximum absolute atomic E-state index is 11.9.